The van der Waals surface area contributed by atoms with Crippen LogP contribution in [-0.4, -0.2) is 32.7 Å². The van der Waals surface area contributed by atoms with E-state index in [0.717, 1.165) is 0 Å². The molecule has 0 heterocycles. The van der Waals surface area contributed by atoms with E-state index in [0.29, 0.717) is 23.5 Å². The fraction of sp³-hybridized carbons (Fsp3) is 0.364. The molecular formula is C11H15NO3S. The Morgan fingerprint density at radius 2 is 1.75 bits per heavy atom. The van der Waals surface area contributed by atoms with Crippen LogP contribution in [0.2, 0.25) is 0 Å². The molecule has 0 fully saturated rings. The summed E-state index contributed by atoms with van der Waals surface area (Å²) in [6.07, 6.45) is 0. The first-order valence-electron chi connectivity index (χ1n) is 5.10. The zero-order chi connectivity index (χ0) is 12.1. The van der Waals surface area contributed by atoms with Crippen LogP contribution < -0.4 is 0 Å². The van der Waals surface area contributed by atoms with Crippen molar-refractivity contribution in [2.24, 2.45) is 0 Å². The molecule has 0 aliphatic carbocycles. The molecule has 0 saturated heterocycles. The van der Waals surface area contributed by atoms with Crippen molar-refractivity contribution in [1.29, 1.82) is 0 Å². The van der Waals surface area contributed by atoms with Gasteiger partial charge in [0.25, 0.3) is 5.91 Å². The van der Waals surface area contributed by atoms with Gasteiger partial charge in [0.15, 0.2) is 11.1 Å². The first-order chi connectivity index (χ1) is 7.60. The molecule has 5 heteroatoms. The maximum Gasteiger partial charge on any atom is 0.253 e. The van der Waals surface area contributed by atoms with Gasteiger partial charge in [0.1, 0.15) is 0 Å². The molecular weight excluding hydrogens is 226 g/mol. The summed E-state index contributed by atoms with van der Waals surface area (Å²) in [7, 11) is 0. The van der Waals surface area contributed by atoms with Crippen LogP contribution in [0.25, 0.3) is 0 Å². The number of carbonyl (C=O) groups is 1. The number of nitrogens with zero attached hydrogens (tertiary/aromatic N) is 1. The Hall–Kier alpha value is -1.20. The van der Waals surface area contributed by atoms with Crippen molar-refractivity contribution in [3.8, 4) is 0 Å². The van der Waals surface area contributed by atoms with E-state index in [2.05, 4.69) is 0 Å². The van der Waals surface area contributed by atoms with E-state index >= 15 is 0 Å². The molecule has 0 aliphatic rings. The summed E-state index contributed by atoms with van der Waals surface area (Å²) in [6, 6.07) is 6.13. The van der Waals surface area contributed by atoms with Gasteiger partial charge in [-0.1, -0.05) is 0 Å². The second kappa shape index (κ2) is 5.77. The van der Waals surface area contributed by atoms with Gasteiger partial charge in [-0.25, -0.2) is 4.21 Å². The second-order valence-electron chi connectivity index (χ2n) is 3.25. The van der Waals surface area contributed by atoms with Gasteiger partial charge in [-0.15, -0.1) is 0 Å². The summed E-state index contributed by atoms with van der Waals surface area (Å²) in [5.41, 5.74) is 0.540. The summed E-state index contributed by atoms with van der Waals surface area (Å²) < 4.78 is 19.6. The molecule has 88 valence electrons. The largest absolute Gasteiger partial charge is 0.339 e. The minimum absolute atomic E-state index is 0.0553. The molecule has 4 nitrogen and oxygen atoms in total. The van der Waals surface area contributed by atoms with Crippen molar-refractivity contribution in [3.05, 3.63) is 29.8 Å². The predicted molar refractivity (Wildman–Crippen MR) is 62.7 cm³/mol. The molecule has 1 N–H and O–H groups in total. The van der Waals surface area contributed by atoms with Crippen LogP contribution in [0, 0.1) is 0 Å². The number of benzene rings is 1. The third-order valence-corrected chi connectivity index (χ3v) is 3.03. The second-order valence-corrected chi connectivity index (χ2v) is 4.22. The quantitative estimate of drug-likeness (QED) is 0.817. The summed E-state index contributed by atoms with van der Waals surface area (Å²) in [4.78, 5) is 13.9. The van der Waals surface area contributed by atoms with Crippen LogP contribution in [0.3, 0.4) is 0 Å². The molecule has 0 radical (unpaired) electrons. The number of hydrogen-bond donors (Lipinski definition) is 1. The van der Waals surface area contributed by atoms with Crippen molar-refractivity contribution < 1.29 is 13.6 Å². The minimum Gasteiger partial charge on any atom is -0.339 e. The summed E-state index contributed by atoms with van der Waals surface area (Å²) in [5, 5.41) is 0. The molecule has 1 rings (SSSR count). The molecule has 1 aromatic rings. The normalized spacial score (nSPS) is 12.2. The lowest BCUT2D eigenvalue weighted by molar-refractivity contribution is 0.0773. The first-order valence-corrected chi connectivity index (χ1v) is 6.21. The Morgan fingerprint density at radius 1 is 1.25 bits per heavy atom. The lowest BCUT2D eigenvalue weighted by atomic mass is 10.2. The SMILES string of the molecule is CCN(CC)C(=O)c1ccc(S(=O)O)cc1. The molecule has 16 heavy (non-hydrogen) atoms. The summed E-state index contributed by atoms with van der Waals surface area (Å²) >= 11 is -1.99. The van der Waals surface area contributed by atoms with Gasteiger partial charge in [-0.05, 0) is 38.1 Å². The van der Waals surface area contributed by atoms with Crippen LogP contribution in [0.1, 0.15) is 24.2 Å². The fourth-order valence-corrected chi connectivity index (χ4v) is 1.78. The monoisotopic (exact) mass is 241 g/mol. The standard InChI is InChI=1S/C11H15NO3S/c1-3-12(4-2)11(13)9-5-7-10(8-6-9)16(14)15/h5-8H,3-4H2,1-2H3,(H,14,15). The minimum atomic E-state index is -1.99. The Bertz CT molecular complexity index is 385. The topological polar surface area (TPSA) is 57.6 Å². The molecule has 0 spiro atoms. The molecule has 1 atom stereocenters. The predicted octanol–water partition coefficient (Wildman–Crippen LogP) is 1.75. The molecule has 0 aromatic heterocycles. The highest BCUT2D eigenvalue weighted by molar-refractivity contribution is 7.79. The third kappa shape index (κ3) is 2.90. The molecule has 0 bridgehead atoms. The van der Waals surface area contributed by atoms with Crippen molar-refractivity contribution in [2.45, 2.75) is 18.7 Å². The number of hydrogen-bond acceptors (Lipinski definition) is 2. The Morgan fingerprint density at radius 3 is 2.12 bits per heavy atom. The zero-order valence-corrected chi connectivity index (χ0v) is 10.2. The van der Waals surface area contributed by atoms with Crippen LogP contribution in [0.4, 0.5) is 0 Å². The van der Waals surface area contributed by atoms with E-state index in [4.69, 9.17) is 4.55 Å². The van der Waals surface area contributed by atoms with Crippen molar-refractivity contribution >= 4 is 17.0 Å². The Balaban J connectivity index is 2.89. The van der Waals surface area contributed by atoms with E-state index in [-0.39, 0.29) is 5.91 Å². The smallest absolute Gasteiger partial charge is 0.253 e. The van der Waals surface area contributed by atoms with Gasteiger partial charge in [0, 0.05) is 18.7 Å². The highest BCUT2D eigenvalue weighted by Gasteiger charge is 2.12. The van der Waals surface area contributed by atoms with Gasteiger partial charge < -0.3 is 9.45 Å². The molecule has 0 saturated carbocycles. The average molecular weight is 241 g/mol. The average Bonchev–Trinajstić information content (AvgIpc) is 2.30. The fourth-order valence-electron chi connectivity index (χ4n) is 1.41. The first kappa shape index (κ1) is 12.9. The molecule has 1 amide bonds. The lowest BCUT2D eigenvalue weighted by Gasteiger charge is -2.18. The van der Waals surface area contributed by atoms with Crippen molar-refractivity contribution in [1.82, 2.24) is 4.90 Å². The van der Waals surface area contributed by atoms with Gasteiger partial charge in [-0.2, -0.15) is 0 Å². The summed E-state index contributed by atoms with van der Waals surface area (Å²) in [6.45, 7) is 5.14. The van der Waals surface area contributed by atoms with Crippen LogP contribution >= 0.6 is 0 Å². The van der Waals surface area contributed by atoms with Gasteiger partial charge in [0.05, 0.1) is 4.90 Å². The van der Waals surface area contributed by atoms with Gasteiger partial charge in [-0.3, -0.25) is 4.79 Å². The Kier molecular flexibility index (Phi) is 4.64. The summed E-state index contributed by atoms with van der Waals surface area (Å²) in [5.74, 6) is -0.0553. The number of carbonyl (C=O) groups excluding carboxylic acids is 1. The van der Waals surface area contributed by atoms with Crippen molar-refractivity contribution in [3.63, 3.8) is 0 Å². The molecule has 0 aliphatic heterocycles. The van der Waals surface area contributed by atoms with Crippen LogP contribution in [0.15, 0.2) is 29.2 Å². The van der Waals surface area contributed by atoms with Crippen molar-refractivity contribution in [2.75, 3.05) is 13.1 Å². The van der Waals surface area contributed by atoms with E-state index in [1.54, 1.807) is 17.0 Å². The van der Waals surface area contributed by atoms with Crippen LogP contribution in [-0.2, 0) is 11.1 Å². The Labute approximate surface area is 97.6 Å². The van der Waals surface area contributed by atoms with E-state index in [1.807, 2.05) is 13.8 Å². The van der Waals surface area contributed by atoms with Gasteiger partial charge >= 0.3 is 0 Å². The maximum absolute atomic E-state index is 11.9. The van der Waals surface area contributed by atoms with Gasteiger partial charge in [0.2, 0.25) is 0 Å². The highest BCUT2D eigenvalue weighted by atomic mass is 32.2. The van der Waals surface area contributed by atoms with E-state index in [1.165, 1.54) is 12.1 Å². The zero-order valence-electron chi connectivity index (χ0n) is 9.34. The molecule has 1 unspecified atom stereocenters. The van der Waals surface area contributed by atoms with E-state index < -0.39 is 11.1 Å². The highest BCUT2D eigenvalue weighted by Crippen LogP contribution is 2.09. The third-order valence-electron chi connectivity index (χ3n) is 2.35. The van der Waals surface area contributed by atoms with Crippen LogP contribution in [0.5, 0.6) is 0 Å². The maximum atomic E-state index is 11.9. The van der Waals surface area contributed by atoms with E-state index in [9.17, 15) is 9.00 Å². The lowest BCUT2D eigenvalue weighted by Crippen LogP contribution is -2.30. The number of amides is 1. The number of rotatable bonds is 4. The molecule has 1 aromatic carbocycles.